The van der Waals surface area contributed by atoms with Crippen molar-refractivity contribution in [3.05, 3.63) is 54.6 Å². The highest BCUT2D eigenvalue weighted by atomic mass is 15.3. The van der Waals surface area contributed by atoms with Crippen LogP contribution in [0.25, 0.3) is 17.0 Å². The molecular weight excluding hydrogens is 278 g/mol. The van der Waals surface area contributed by atoms with Crippen LogP contribution in [-0.2, 0) is 0 Å². The Kier molecular flexibility index (Phi) is 2.82. The Hall–Kier alpha value is -3.22. The minimum absolute atomic E-state index is 0.656. The lowest BCUT2D eigenvalue weighted by Crippen LogP contribution is -2.03. The molecule has 0 saturated carbocycles. The molecule has 0 aliphatic rings. The number of imidazole rings is 1. The third-order valence-electron chi connectivity index (χ3n) is 3.25. The zero-order valence-electron chi connectivity index (χ0n) is 11.9. The van der Waals surface area contributed by atoms with Crippen LogP contribution in [0.3, 0.4) is 0 Å². The molecule has 0 aromatic carbocycles. The van der Waals surface area contributed by atoms with E-state index in [-0.39, 0.29) is 0 Å². The molecule has 4 rings (SSSR count). The van der Waals surface area contributed by atoms with Crippen molar-refractivity contribution in [3.63, 3.8) is 0 Å². The number of hydrogen-bond donors (Lipinski definition) is 2. The summed E-state index contributed by atoms with van der Waals surface area (Å²) in [7, 11) is 0. The van der Waals surface area contributed by atoms with Crippen molar-refractivity contribution in [3.8, 4) is 11.4 Å². The highest BCUT2D eigenvalue weighted by molar-refractivity contribution is 5.65. The van der Waals surface area contributed by atoms with Crippen molar-refractivity contribution in [2.24, 2.45) is 0 Å². The van der Waals surface area contributed by atoms with E-state index in [0.717, 1.165) is 28.5 Å². The van der Waals surface area contributed by atoms with E-state index in [1.165, 1.54) is 0 Å². The van der Waals surface area contributed by atoms with Crippen molar-refractivity contribution in [1.29, 1.82) is 0 Å². The summed E-state index contributed by atoms with van der Waals surface area (Å²) in [5.74, 6) is 1.42. The number of hydrogen-bond acceptors (Lipinski definition) is 5. The first-order valence-corrected chi connectivity index (χ1v) is 6.84. The Balaban J connectivity index is 1.89. The summed E-state index contributed by atoms with van der Waals surface area (Å²) in [6.07, 6.45) is 5.37. The number of aromatic amines is 1. The van der Waals surface area contributed by atoms with E-state index in [2.05, 4.69) is 30.5 Å². The predicted molar refractivity (Wildman–Crippen MR) is 82.8 cm³/mol. The molecule has 4 aromatic heterocycles. The number of anilines is 2. The van der Waals surface area contributed by atoms with Gasteiger partial charge in [0.2, 0.25) is 5.95 Å². The number of aryl methyl sites for hydroxylation is 1. The van der Waals surface area contributed by atoms with Crippen molar-refractivity contribution in [2.75, 3.05) is 5.32 Å². The van der Waals surface area contributed by atoms with Gasteiger partial charge in [-0.1, -0.05) is 6.07 Å². The molecule has 0 unspecified atom stereocenters. The Morgan fingerprint density at radius 1 is 1.09 bits per heavy atom. The molecule has 0 fully saturated rings. The van der Waals surface area contributed by atoms with Crippen LogP contribution in [0, 0.1) is 6.92 Å². The molecule has 2 N–H and O–H groups in total. The number of rotatable bonds is 3. The van der Waals surface area contributed by atoms with Crippen LogP contribution in [0.2, 0.25) is 0 Å². The number of pyridine rings is 1. The highest BCUT2D eigenvalue weighted by Gasteiger charge is 2.11. The lowest BCUT2D eigenvalue weighted by Gasteiger charge is -2.08. The van der Waals surface area contributed by atoms with Gasteiger partial charge >= 0.3 is 0 Å². The average molecular weight is 291 g/mol. The first-order valence-electron chi connectivity index (χ1n) is 6.84. The number of aromatic nitrogens is 6. The summed E-state index contributed by atoms with van der Waals surface area (Å²) < 4.78 is 1.91. The maximum Gasteiger partial charge on any atom is 0.215 e. The van der Waals surface area contributed by atoms with Gasteiger partial charge in [0.05, 0.1) is 23.3 Å². The first-order chi connectivity index (χ1) is 10.8. The lowest BCUT2D eigenvalue weighted by atomic mass is 10.2. The van der Waals surface area contributed by atoms with Crippen molar-refractivity contribution in [1.82, 2.24) is 29.5 Å². The number of H-pyrrole nitrogens is 1. The predicted octanol–water partition coefficient (Wildman–Crippen LogP) is 2.57. The first kappa shape index (κ1) is 12.5. The molecular formula is C15H13N7. The molecule has 0 aliphatic carbocycles. The van der Waals surface area contributed by atoms with Gasteiger partial charge in [-0.3, -0.25) is 14.5 Å². The van der Waals surface area contributed by atoms with Crippen molar-refractivity contribution >= 4 is 17.4 Å². The van der Waals surface area contributed by atoms with Crippen LogP contribution in [0.5, 0.6) is 0 Å². The number of fused-ring (bicyclic) bond motifs is 1. The fourth-order valence-electron chi connectivity index (χ4n) is 2.29. The van der Waals surface area contributed by atoms with Crippen LogP contribution in [0.15, 0.2) is 48.9 Å². The fourth-order valence-corrected chi connectivity index (χ4v) is 2.29. The van der Waals surface area contributed by atoms with E-state index in [1.807, 2.05) is 47.9 Å². The molecule has 0 saturated heterocycles. The normalized spacial score (nSPS) is 11.0. The summed E-state index contributed by atoms with van der Waals surface area (Å²) in [5.41, 5.74) is 3.31. The van der Waals surface area contributed by atoms with Crippen molar-refractivity contribution < 1.29 is 0 Å². The summed E-state index contributed by atoms with van der Waals surface area (Å²) >= 11 is 0. The van der Waals surface area contributed by atoms with Gasteiger partial charge in [-0.05, 0) is 19.1 Å². The summed E-state index contributed by atoms with van der Waals surface area (Å²) in [6.45, 7) is 1.95. The largest absolute Gasteiger partial charge is 0.310 e. The Morgan fingerprint density at radius 2 is 2.05 bits per heavy atom. The molecule has 0 spiro atoms. The minimum Gasteiger partial charge on any atom is -0.310 e. The third kappa shape index (κ3) is 2.18. The number of nitrogens with zero attached hydrogens (tertiary/aromatic N) is 5. The van der Waals surface area contributed by atoms with Gasteiger partial charge in [0, 0.05) is 24.5 Å². The second kappa shape index (κ2) is 4.96. The minimum atomic E-state index is 0.656. The lowest BCUT2D eigenvalue weighted by molar-refractivity contribution is 1.05. The molecule has 7 nitrogen and oxygen atoms in total. The van der Waals surface area contributed by atoms with Gasteiger partial charge in [-0.2, -0.15) is 5.10 Å². The Morgan fingerprint density at radius 3 is 2.82 bits per heavy atom. The molecule has 0 radical (unpaired) electrons. The van der Waals surface area contributed by atoms with Gasteiger partial charge in [0.1, 0.15) is 11.5 Å². The van der Waals surface area contributed by atoms with E-state index in [9.17, 15) is 0 Å². The molecule has 22 heavy (non-hydrogen) atoms. The third-order valence-corrected chi connectivity index (χ3v) is 3.25. The molecule has 0 amide bonds. The van der Waals surface area contributed by atoms with Crippen LogP contribution in [-0.4, -0.2) is 29.5 Å². The topological polar surface area (TPSA) is 83.8 Å². The Bertz CT molecular complexity index is 910. The summed E-state index contributed by atoms with van der Waals surface area (Å²) in [5, 5.41) is 10.0. The SMILES string of the molecule is Cc1cn2c(Nc3ccn[nH]3)nc(-c3ccccn3)cc2n1. The zero-order valence-corrected chi connectivity index (χ0v) is 11.9. The fraction of sp³-hybridized carbons (Fsp3) is 0.0667. The average Bonchev–Trinajstić information content (AvgIpc) is 3.16. The van der Waals surface area contributed by atoms with Gasteiger partial charge in [-0.15, -0.1) is 0 Å². The second-order valence-electron chi connectivity index (χ2n) is 4.89. The van der Waals surface area contributed by atoms with Crippen molar-refractivity contribution in [2.45, 2.75) is 6.92 Å². The van der Waals surface area contributed by atoms with E-state index in [1.54, 1.807) is 12.4 Å². The maximum absolute atomic E-state index is 4.66. The van der Waals surface area contributed by atoms with E-state index >= 15 is 0 Å². The monoisotopic (exact) mass is 291 g/mol. The van der Waals surface area contributed by atoms with Crippen LogP contribution in [0.4, 0.5) is 11.8 Å². The highest BCUT2D eigenvalue weighted by Crippen LogP contribution is 2.22. The summed E-state index contributed by atoms with van der Waals surface area (Å²) in [6, 6.07) is 9.51. The zero-order chi connectivity index (χ0) is 14.9. The van der Waals surface area contributed by atoms with E-state index in [0.29, 0.717) is 5.95 Å². The molecule has 0 bridgehead atoms. The molecule has 4 heterocycles. The van der Waals surface area contributed by atoms with Crippen LogP contribution in [0.1, 0.15) is 5.69 Å². The van der Waals surface area contributed by atoms with Gasteiger partial charge < -0.3 is 5.32 Å². The molecule has 108 valence electrons. The van der Waals surface area contributed by atoms with Gasteiger partial charge in [0.25, 0.3) is 0 Å². The van der Waals surface area contributed by atoms with Gasteiger partial charge in [0.15, 0.2) is 0 Å². The van der Waals surface area contributed by atoms with Gasteiger partial charge in [-0.25, -0.2) is 9.97 Å². The quantitative estimate of drug-likeness (QED) is 0.606. The second-order valence-corrected chi connectivity index (χ2v) is 4.89. The van der Waals surface area contributed by atoms with Crippen LogP contribution >= 0.6 is 0 Å². The van der Waals surface area contributed by atoms with Crippen LogP contribution < -0.4 is 5.32 Å². The standard InChI is InChI=1S/C15H13N7/c1-10-9-22-14(18-10)8-12(11-4-2-3-6-16-11)19-15(22)20-13-5-7-17-21-13/h2-9H,1H3,(H2,17,19,20,21). The Labute approximate surface area is 126 Å². The molecule has 7 heteroatoms. The number of nitrogens with one attached hydrogen (secondary N) is 2. The maximum atomic E-state index is 4.66. The summed E-state index contributed by atoms with van der Waals surface area (Å²) in [4.78, 5) is 13.5. The smallest absolute Gasteiger partial charge is 0.215 e. The molecule has 4 aromatic rings. The molecule has 0 aliphatic heterocycles. The van der Waals surface area contributed by atoms with E-state index in [4.69, 9.17) is 0 Å². The van der Waals surface area contributed by atoms with E-state index < -0.39 is 0 Å². The molecule has 0 atom stereocenters.